The number of hydrogen-bond acceptors (Lipinski definition) is 3. The summed E-state index contributed by atoms with van der Waals surface area (Å²) in [6, 6.07) is 0. The van der Waals surface area contributed by atoms with Gasteiger partial charge in [0, 0.05) is 13.0 Å². The van der Waals surface area contributed by atoms with Gasteiger partial charge >= 0.3 is 0 Å². The van der Waals surface area contributed by atoms with Gasteiger partial charge in [-0.2, -0.15) is 0 Å². The zero-order chi connectivity index (χ0) is 10.2. The monoisotopic (exact) mass is 195 g/mol. The molecule has 4 heteroatoms. The largest absolute Gasteiger partial charge is 0.494 e. The molecule has 1 N–H and O–H groups in total. The lowest BCUT2D eigenvalue weighted by Crippen LogP contribution is -2.29. The summed E-state index contributed by atoms with van der Waals surface area (Å²) in [6.07, 6.45) is 1.99. The summed E-state index contributed by atoms with van der Waals surface area (Å²) in [5.74, 6) is 5.59. The summed E-state index contributed by atoms with van der Waals surface area (Å²) in [7, 11) is 0. The normalized spacial score (nSPS) is 13.9. The summed E-state index contributed by atoms with van der Waals surface area (Å²) in [5, 5.41) is 2.67. The lowest BCUT2D eigenvalue weighted by atomic mass is 10.4. The van der Waals surface area contributed by atoms with E-state index in [-0.39, 0.29) is 11.7 Å². The molecule has 0 radical (unpaired) electrons. The zero-order valence-corrected chi connectivity index (χ0v) is 8.13. The smallest absolute Gasteiger partial charge is 0.289 e. The number of ether oxygens (including phenoxy) is 2. The third-order valence-corrected chi connectivity index (χ3v) is 1.59. The first-order valence-corrected chi connectivity index (χ1v) is 4.47. The summed E-state index contributed by atoms with van der Waals surface area (Å²) in [5.41, 5.74) is 0. The predicted octanol–water partition coefficient (Wildman–Crippen LogP) is 0.404. The van der Waals surface area contributed by atoms with Crippen molar-refractivity contribution >= 4 is 5.91 Å². The number of hydrogen-bond donors (Lipinski definition) is 1. The van der Waals surface area contributed by atoms with Crippen LogP contribution in [0.2, 0.25) is 0 Å². The fourth-order valence-corrected chi connectivity index (χ4v) is 0.938. The molecule has 14 heavy (non-hydrogen) atoms. The lowest BCUT2D eigenvalue weighted by Gasteiger charge is -2.14. The van der Waals surface area contributed by atoms with Crippen molar-refractivity contribution in [3.8, 4) is 11.8 Å². The van der Waals surface area contributed by atoms with Gasteiger partial charge in [-0.15, -0.1) is 11.8 Å². The number of amides is 1. The Morgan fingerprint density at radius 3 is 3.14 bits per heavy atom. The first-order chi connectivity index (χ1) is 6.84. The van der Waals surface area contributed by atoms with E-state index in [9.17, 15) is 4.79 Å². The third kappa shape index (κ3) is 3.40. The standard InChI is InChI=1S/C10H13NO3/c1-2-3-4-5-11-10(12)9-8-13-6-7-14-9/h8H,4-7H2,1H3,(H,11,12). The van der Waals surface area contributed by atoms with Gasteiger partial charge in [0.1, 0.15) is 19.5 Å². The van der Waals surface area contributed by atoms with Crippen LogP contribution in [0, 0.1) is 11.8 Å². The molecule has 0 fully saturated rings. The van der Waals surface area contributed by atoms with E-state index < -0.39 is 0 Å². The Morgan fingerprint density at radius 1 is 1.64 bits per heavy atom. The van der Waals surface area contributed by atoms with Crippen LogP contribution in [0.5, 0.6) is 0 Å². The molecule has 0 aromatic heterocycles. The molecule has 4 nitrogen and oxygen atoms in total. The molecular formula is C10H13NO3. The molecule has 0 saturated carbocycles. The summed E-state index contributed by atoms with van der Waals surface area (Å²) >= 11 is 0. The molecule has 0 saturated heterocycles. The second-order valence-corrected chi connectivity index (χ2v) is 2.63. The third-order valence-electron chi connectivity index (χ3n) is 1.59. The Labute approximate surface area is 83.3 Å². The van der Waals surface area contributed by atoms with Crippen molar-refractivity contribution in [2.75, 3.05) is 19.8 Å². The van der Waals surface area contributed by atoms with E-state index in [4.69, 9.17) is 9.47 Å². The van der Waals surface area contributed by atoms with Gasteiger partial charge in [-0.1, -0.05) is 0 Å². The molecule has 0 bridgehead atoms. The second kappa shape index (κ2) is 5.92. The minimum atomic E-state index is -0.248. The van der Waals surface area contributed by atoms with Crippen LogP contribution in [0.1, 0.15) is 13.3 Å². The van der Waals surface area contributed by atoms with Gasteiger partial charge in [-0.25, -0.2) is 0 Å². The second-order valence-electron chi connectivity index (χ2n) is 2.63. The molecule has 1 aliphatic rings. The van der Waals surface area contributed by atoms with Gasteiger partial charge < -0.3 is 14.8 Å². The van der Waals surface area contributed by atoms with Crippen LogP contribution >= 0.6 is 0 Å². The van der Waals surface area contributed by atoms with Gasteiger partial charge in [0.05, 0.1) is 0 Å². The maximum atomic E-state index is 11.3. The quantitative estimate of drug-likeness (QED) is 0.524. The first kappa shape index (κ1) is 10.5. The molecule has 0 spiro atoms. The SMILES string of the molecule is CC#CCCNC(=O)C1=COCCO1. The average Bonchev–Trinajstić information content (AvgIpc) is 2.25. The Balaban J connectivity index is 2.26. The summed E-state index contributed by atoms with van der Waals surface area (Å²) in [6.45, 7) is 3.22. The van der Waals surface area contributed by atoms with E-state index in [1.54, 1.807) is 6.92 Å². The van der Waals surface area contributed by atoms with Crippen LogP contribution in [0.3, 0.4) is 0 Å². The molecule has 1 heterocycles. The van der Waals surface area contributed by atoms with Gasteiger partial charge in [0.2, 0.25) is 5.76 Å². The van der Waals surface area contributed by atoms with Crippen molar-refractivity contribution in [2.45, 2.75) is 13.3 Å². The van der Waals surface area contributed by atoms with E-state index in [0.29, 0.717) is 26.2 Å². The van der Waals surface area contributed by atoms with Crippen molar-refractivity contribution in [2.24, 2.45) is 0 Å². The molecule has 1 rings (SSSR count). The van der Waals surface area contributed by atoms with Crippen LogP contribution < -0.4 is 5.32 Å². The Hall–Kier alpha value is -1.63. The minimum absolute atomic E-state index is 0.237. The van der Waals surface area contributed by atoms with Crippen LogP contribution in [-0.4, -0.2) is 25.7 Å². The van der Waals surface area contributed by atoms with Crippen LogP contribution in [0.4, 0.5) is 0 Å². The Kier molecular flexibility index (Phi) is 4.42. The molecule has 0 aliphatic carbocycles. The number of carbonyl (C=O) groups excluding carboxylic acids is 1. The van der Waals surface area contributed by atoms with E-state index in [0.717, 1.165) is 0 Å². The van der Waals surface area contributed by atoms with Gasteiger partial charge in [-0.05, 0) is 6.92 Å². The molecule has 0 aromatic rings. The highest BCUT2D eigenvalue weighted by atomic mass is 16.6. The molecule has 1 aliphatic heterocycles. The first-order valence-electron chi connectivity index (χ1n) is 4.47. The maximum Gasteiger partial charge on any atom is 0.289 e. The molecule has 76 valence electrons. The predicted molar refractivity (Wildman–Crippen MR) is 51.1 cm³/mol. The number of rotatable bonds is 3. The topological polar surface area (TPSA) is 47.6 Å². The van der Waals surface area contributed by atoms with Gasteiger partial charge in [-0.3, -0.25) is 4.79 Å². The Morgan fingerprint density at radius 2 is 2.50 bits per heavy atom. The minimum Gasteiger partial charge on any atom is -0.494 e. The van der Waals surface area contributed by atoms with E-state index in [1.807, 2.05) is 0 Å². The molecule has 0 unspecified atom stereocenters. The lowest BCUT2D eigenvalue weighted by molar-refractivity contribution is -0.122. The summed E-state index contributed by atoms with van der Waals surface area (Å²) in [4.78, 5) is 11.3. The fourth-order valence-electron chi connectivity index (χ4n) is 0.938. The fraction of sp³-hybridized carbons (Fsp3) is 0.500. The Bertz CT molecular complexity index is 285. The van der Waals surface area contributed by atoms with E-state index in [2.05, 4.69) is 17.2 Å². The van der Waals surface area contributed by atoms with Crippen molar-refractivity contribution in [3.63, 3.8) is 0 Å². The van der Waals surface area contributed by atoms with Crippen molar-refractivity contribution in [1.29, 1.82) is 0 Å². The average molecular weight is 195 g/mol. The number of nitrogens with one attached hydrogen (secondary N) is 1. The molecular weight excluding hydrogens is 182 g/mol. The molecule has 0 aromatic carbocycles. The number of carbonyl (C=O) groups is 1. The molecule has 0 atom stereocenters. The van der Waals surface area contributed by atoms with Crippen LogP contribution in [0.25, 0.3) is 0 Å². The van der Waals surface area contributed by atoms with E-state index in [1.165, 1.54) is 6.26 Å². The van der Waals surface area contributed by atoms with Crippen LogP contribution in [-0.2, 0) is 14.3 Å². The van der Waals surface area contributed by atoms with Crippen molar-refractivity contribution < 1.29 is 14.3 Å². The highest BCUT2D eigenvalue weighted by Crippen LogP contribution is 2.03. The highest BCUT2D eigenvalue weighted by molar-refractivity contribution is 5.91. The highest BCUT2D eigenvalue weighted by Gasteiger charge is 2.13. The van der Waals surface area contributed by atoms with Crippen molar-refractivity contribution in [1.82, 2.24) is 5.32 Å². The molecule has 1 amide bonds. The van der Waals surface area contributed by atoms with Gasteiger partial charge in [0.25, 0.3) is 5.91 Å². The zero-order valence-electron chi connectivity index (χ0n) is 8.13. The van der Waals surface area contributed by atoms with Crippen LogP contribution in [0.15, 0.2) is 12.0 Å². The van der Waals surface area contributed by atoms with E-state index >= 15 is 0 Å². The van der Waals surface area contributed by atoms with Crippen molar-refractivity contribution in [3.05, 3.63) is 12.0 Å². The maximum absolute atomic E-state index is 11.3. The van der Waals surface area contributed by atoms with Gasteiger partial charge in [0.15, 0.2) is 0 Å². The summed E-state index contributed by atoms with van der Waals surface area (Å²) < 4.78 is 10.0.